The molecule has 1 saturated carbocycles. The maximum atomic E-state index is 11.1. The van der Waals surface area contributed by atoms with Crippen LogP contribution in [-0.2, 0) is 10.4 Å². The number of ether oxygens (including phenoxy) is 1. The summed E-state index contributed by atoms with van der Waals surface area (Å²) in [5, 5.41) is 20.1. The second-order valence-electron chi connectivity index (χ2n) is 8.51. The summed E-state index contributed by atoms with van der Waals surface area (Å²) >= 11 is 0. The highest BCUT2D eigenvalue weighted by molar-refractivity contribution is 5.70. The van der Waals surface area contributed by atoms with Crippen LogP contribution in [0.4, 0.5) is 0 Å². The van der Waals surface area contributed by atoms with E-state index in [1.165, 1.54) is 25.7 Å². The third-order valence-electron chi connectivity index (χ3n) is 6.29. The van der Waals surface area contributed by atoms with Gasteiger partial charge in [-0.25, -0.2) is 0 Å². The Bertz CT molecular complexity index is 787. The molecule has 2 N–H and O–H groups in total. The summed E-state index contributed by atoms with van der Waals surface area (Å²) in [7, 11) is 0. The van der Waals surface area contributed by atoms with Crippen LogP contribution in [0.15, 0.2) is 48.5 Å². The number of carboxylic acids is 1. The minimum Gasteiger partial charge on any atom is -0.494 e. The third-order valence-corrected chi connectivity index (χ3v) is 6.29. The van der Waals surface area contributed by atoms with E-state index in [1.807, 2.05) is 36.4 Å². The summed E-state index contributed by atoms with van der Waals surface area (Å²) in [6.45, 7) is 2.99. The number of hydrogen-bond donors (Lipinski definition) is 2. The van der Waals surface area contributed by atoms with Crippen molar-refractivity contribution in [3.8, 4) is 16.9 Å². The Balaban J connectivity index is 1.54. The number of rotatable bonds is 10. The highest BCUT2D eigenvalue weighted by Gasteiger charge is 2.36. The van der Waals surface area contributed by atoms with Gasteiger partial charge in [0.15, 0.2) is 0 Å². The van der Waals surface area contributed by atoms with Crippen molar-refractivity contribution >= 4 is 5.97 Å². The number of carbonyl (C=O) groups is 1. The minimum absolute atomic E-state index is 0.332. The van der Waals surface area contributed by atoms with Crippen molar-refractivity contribution in [2.24, 2.45) is 5.92 Å². The lowest BCUT2D eigenvalue weighted by molar-refractivity contribution is -0.145. The Labute approximate surface area is 179 Å². The van der Waals surface area contributed by atoms with Crippen LogP contribution in [0.1, 0.15) is 70.3 Å². The third kappa shape index (κ3) is 5.85. The second-order valence-corrected chi connectivity index (χ2v) is 8.51. The first-order chi connectivity index (χ1) is 14.5. The Morgan fingerprint density at radius 2 is 1.50 bits per heavy atom. The SMILES string of the molecule is CCCCCCCOc1ccc(-c2ccc(C3(O)CCC(C(=O)O)CC3)cc2)cc1. The lowest BCUT2D eigenvalue weighted by atomic mass is 9.75. The average Bonchev–Trinajstić information content (AvgIpc) is 2.77. The smallest absolute Gasteiger partial charge is 0.306 e. The van der Waals surface area contributed by atoms with Crippen molar-refractivity contribution in [1.29, 1.82) is 0 Å². The maximum absolute atomic E-state index is 11.1. The average molecular weight is 411 g/mol. The molecule has 30 heavy (non-hydrogen) atoms. The van der Waals surface area contributed by atoms with E-state index in [0.717, 1.165) is 35.5 Å². The number of aliphatic carboxylic acids is 1. The molecular weight excluding hydrogens is 376 g/mol. The molecule has 0 saturated heterocycles. The fourth-order valence-electron chi connectivity index (χ4n) is 4.24. The molecule has 0 aromatic heterocycles. The van der Waals surface area contributed by atoms with Crippen LogP contribution in [0.25, 0.3) is 11.1 Å². The molecule has 0 amide bonds. The summed E-state index contributed by atoms with van der Waals surface area (Å²) < 4.78 is 5.84. The number of benzene rings is 2. The molecule has 1 fully saturated rings. The standard InChI is InChI=1S/C26H34O4/c1-2-3-4-5-6-19-30-24-13-9-21(10-14-24)20-7-11-23(12-8-20)26(29)17-15-22(16-18-26)25(27)28/h7-14,22,29H,2-6,15-19H2,1H3,(H,27,28). The van der Waals surface area contributed by atoms with Gasteiger partial charge in [-0.05, 0) is 60.9 Å². The Kier molecular flexibility index (Phi) is 7.92. The first-order valence-electron chi connectivity index (χ1n) is 11.3. The van der Waals surface area contributed by atoms with E-state index in [0.29, 0.717) is 25.7 Å². The van der Waals surface area contributed by atoms with Gasteiger partial charge < -0.3 is 14.9 Å². The van der Waals surface area contributed by atoms with Gasteiger partial charge in [-0.3, -0.25) is 4.79 Å². The van der Waals surface area contributed by atoms with Gasteiger partial charge in [0.05, 0.1) is 18.1 Å². The molecule has 4 heteroatoms. The van der Waals surface area contributed by atoms with E-state index in [9.17, 15) is 9.90 Å². The van der Waals surface area contributed by atoms with E-state index >= 15 is 0 Å². The van der Waals surface area contributed by atoms with Crippen LogP contribution in [0.2, 0.25) is 0 Å². The van der Waals surface area contributed by atoms with Crippen LogP contribution >= 0.6 is 0 Å². The molecule has 0 atom stereocenters. The van der Waals surface area contributed by atoms with Crippen LogP contribution in [0, 0.1) is 5.92 Å². The first-order valence-corrected chi connectivity index (χ1v) is 11.3. The lowest BCUT2D eigenvalue weighted by Crippen LogP contribution is -2.33. The molecular formula is C26H34O4. The van der Waals surface area contributed by atoms with E-state index < -0.39 is 11.6 Å². The summed E-state index contributed by atoms with van der Waals surface area (Å²) in [4.78, 5) is 11.1. The normalized spacial score (nSPS) is 21.3. The molecule has 0 radical (unpaired) electrons. The molecule has 0 spiro atoms. The van der Waals surface area contributed by atoms with Crippen molar-refractivity contribution in [2.45, 2.75) is 70.3 Å². The highest BCUT2D eigenvalue weighted by Crippen LogP contribution is 2.40. The number of unbranched alkanes of at least 4 members (excludes halogenated alkanes) is 4. The van der Waals surface area contributed by atoms with Gasteiger partial charge in [0.25, 0.3) is 0 Å². The fourth-order valence-corrected chi connectivity index (χ4v) is 4.24. The second kappa shape index (κ2) is 10.6. The van der Waals surface area contributed by atoms with Gasteiger partial charge >= 0.3 is 5.97 Å². The first kappa shape index (κ1) is 22.4. The van der Waals surface area contributed by atoms with Crippen LogP contribution in [0.5, 0.6) is 5.75 Å². The minimum atomic E-state index is -0.917. The van der Waals surface area contributed by atoms with Gasteiger partial charge in [-0.2, -0.15) is 0 Å². The van der Waals surface area contributed by atoms with Gasteiger partial charge in [0.2, 0.25) is 0 Å². The lowest BCUT2D eigenvalue weighted by Gasteiger charge is -2.35. The van der Waals surface area contributed by atoms with Crippen LogP contribution < -0.4 is 4.74 Å². The van der Waals surface area contributed by atoms with Crippen molar-refractivity contribution in [3.05, 3.63) is 54.1 Å². The Morgan fingerprint density at radius 1 is 0.933 bits per heavy atom. The van der Waals surface area contributed by atoms with E-state index in [1.54, 1.807) is 0 Å². The van der Waals surface area contributed by atoms with Gasteiger partial charge in [0.1, 0.15) is 5.75 Å². The van der Waals surface area contributed by atoms with E-state index in [4.69, 9.17) is 9.84 Å². The predicted octanol–water partition coefficient (Wildman–Crippen LogP) is 6.17. The fraction of sp³-hybridized carbons (Fsp3) is 0.500. The molecule has 1 aliphatic carbocycles. The molecule has 0 aliphatic heterocycles. The number of aliphatic hydroxyl groups is 1. The Hall–Kier alpha value is -2.33. The summed E-state index contributed by atoms with van der Waals surface area (Å²) in [6, 6.07) is 16.1. The summed E-state index contributed by atoms with van der Waals surface area (Å²) in [5.41, 5.74) is 2.16. The van der Waals surface area contributed by atoms with Crippen molar-refractivity contribution < 1.29 is 19.7 Å². The predicted molar refractivity (Wildman–Crippen MR) is 120 cm³/mol. The topological polar surface area (TPSA) is 66.8 Å². The monoisotopic (exact) mass is 410 g/mol. The Morgan fingerprint density at radius 3 is 2.07 bits per heavy atom. The van der Waals surface area contributed by atoms with Crippen molar-refractivity contribution in [3.63, 3.8) is 0 Å². The van der Waals surface area contributed by atoms with E-state index in [2.05, 4.69) is 19.1 Å². The molecule has 0 bridgehead atoms. The molecule has 1 aliphatic rings. The van der Waals surface area contributed by atoms with E-state index in [-0.39, 0.29) is 5.92 Å². The van der Waals surface area contributed by atoms with Gasteiger partial charge in [0, 0.05) is 0 Å². The maximum Gasteiger partial charge on any atom is 0.306 e. The van der Waals surface area contributed by atoms with Gasteiger partial charge in [-0.1, -0.05) is 69.0 Å². The van der Waals surface area contributed by atoms with Crippen LogP contribution in [-0.4, -0.2) is 22.8 Å². The number of hydrogen-bond acceptors (Lipinski definition) is 3. The number of carboxylic acid groups (broad SMARTS) is 1. The summed E-state index contributed by atoms with van der Waals surface area (Å²) in [6.07, 6.45) is 8.19. The molecule has 3 rings (SSSR count). The zero-order valence-corrected chi connectivity index (χ0v) is 18.0. The van der Waals surface area contributed by atoms with Crippen molar-refractivity contribution in [1.82, 2.24) is 0 Å². The molecule has 0 unspecified atom stereocenters. The van der Waals surface area contributed by atoms with Gasteiger partial charge in [-0.15, -0.1) is 0 Å². The molecule has 4 nitrogen and oxygen atoms in total. The molecule has 2 aromatic rings. The van der Waals surface area contributed by atoms with Crippen LogP contribution in [0.3, 0.4) is 0 Å². The summed E-state index contributed by atoms with van der Waals surface area (Å²) in [5.74, 6) is -0.187. The molecule has 2 aromatic carbocycles. The van der Waals surface area contributed by atoms with Crippen molar-refractivity contribution in [2.75, 3.05) is 6.61 Å². The highest BCUT2D eigenvalue weighted by atomic mass is 16.5. The molecule has 0 heterocycles. The zero-order valence-electron chi connectivity index (χ0n) is 18.0. The quantitative estimate of drug-likeness (QED) is 0.460. The molecule has 162 valence electrons. The zero-order chi connectivity index (χ0) is 21.4. The largest absolute Gasteiger partial charge is 0.494 e.